The van der Waals surface area contributed by atoms with Gasteiger partial charge in [0, 0.05) is 17.1 Å². The summed E-state index contributed by atoms with van der Waals surface area (Å²) in [7, 11) is 0. The quantitative estimate of drug-likeness (QED) is 0.711. The predicted octanol–water partition coefficient (Wildman–Crippen LogP) is 1.61. The van der Waals surface area contributed by atoms with Crippen LogP contribution in [0.25, 0.3) is 10.9 Å². The van der Waals surface area contributed by atoms with Crippen molar-refractivity contribution in [1.82, 2.24) is 20.2 Å². The Kier molecular flexibility index (Phi) is 2.45. The lowest BCUT2D eigenvalue weighted by Crippen LogP contribution is -2.12. The van der Waals surface area contributed by atoms with Crippen LogP contribution in [-0.4, -0.2) is 26.1 Å². The van der Waals surface area contributed by atoms with E-state index >= 15 is 0 Å². The number of aromatic amines is 1. The molecule has 1 amide bonds. The van der Waals surface area contributed by atoms with Gasteiger partial charge in [-0.1, -0.05) is 0 Å². The number of hydrogen-bond donors (Lipinski definition) is 2. The van der Waals surface area contributed by atoms with Gasteiger partial charge >= 0.3 is 0 Å². The van der Waals surface area contributed by atoms with Gasteiger partial charge in [0.1, 0.15) is 12.1 Å². The third-order valence-electron chi connectivity index (χ3n) is 2.53. The van der Waals surface area contributed by atoms with Crippen LogP contribution in [-0.2, 0) is 0 Å². The van der Waals surface area contributed by atoms with E-state index in [0.29, 0.717) is 11.4 Å². The third-order valence-corrected chi connectivity index (χ3v) is 2.53. The Balaban J connectivity index is 1.87. The summed E-state index contributed by atoms with van der Waals surface area (Å²) >= 11 is 0. The second kappa shape index (κ2) is 4.25. The Morgan fingerprint density at radius 3 is 3.06 bits per heavy atom. The van der Waals surface area contributed by atoms with Crippen molar-refractivity contribution < 1.29 is 4.79 Å². The first-order chi connectivity index (χ1) is 8.83. The van der Waals surface area contributed by atoms with Crippen molar-refractivity contribution in [3.8, 4) is 0 Å². The molecule has 0 fully saturated rings. The lowest BCUT2D eigenvalue weighted by atomic mass is 10.1. The van der Waals surface area contributed by atoms with Gasteiger partial charge in [0.2, 0.25) is 0 Å². The molecule has 0 saturated heterocycles. The second-order valence-electron chi connectivity index (χ2n) is 3.72. The largest absolute Gasteiger partial charge is 0.306 e. The van der Waals surface area contributed by atoms with Gasteiger partial charge in [-0.3, -0.25) is 9.89 Å². The average molecular weight is 239 g/mol. The van der Waals surface area contributed by atoms with Gasteiger partial charge in [-0.2, -0.15) is 5.10 Å². The highest BCUT2D eigenvalue weighted by Crippen LogP contribution is 2.13. The number of amides is 1. The Hall–Kier alpha value is -2.76. The van der Waals surface area contributed by atoms with Gasteiger partial charge < -0.3 is 5.32 Å². The highest BCUT2D eigenvalue weighted by molar-refractivity contribution is 6.05. The van der Waals surface area contributed by atoms with Crippen molar-refractivity contribution in [2.45, 2.75) is 0 Å². The van der Waals surface area contributed by atoms with E-state index in [2.05, 4.69) is 25.5 Å². The minimum atomic E-state index is -0.211. The van der Waals surface area contributed by atoms with Crippen LogP contribution in [0.2, 0.25) is 0 Å². The molecule has 0 spiro atoms. The van der Waals surface area contributed by atoms with Gasteiger partial charge in [-0.05, 0) is 24.3 Å². The Morgan fingerprint density at radius 1 is 1.28 bits per heavy atom. The Morgan fingerprint density at radius 2 is 2.22 bits per heavy atom. The van der Waals surface area contributed by atoms with E-state index in [1.54, 1.807) is 30.6 Å². The zero-order valence-corrected chi connectivity index (χ0v) is 9.29. The topological polar surface area (TPSA) is 83.6 Å². The minimum absolute atomic E-state index is 0.211. The van der Waals surface area contributed by atoms with Crippen molar-refractivity contribution >= 4 is 22.6 Å². The van der Waals surface area contributed by atoms with Crippen LogP contribution >= 0.6 is 0 Å². The second-order valence-corrected chi connectivity index (χ2v) is 3.72. The van der Waals surface area contributed by atoms with Crippen molar-refractivity contribution in [3.63, 3.8) is 0 Å². The summed E-state index contributed by atoms with van der Waals surface area (Å²) in [6, 6.07) is 6.96. The van der Waals surface area contributed by atoms with E-state index in [0.717, 1.165) is 10.9 Å². The zero-order valence-electron chi connectivity index (χ0n) is 9.29. The van der Waals surface area contributed by atoms with E-state index < -0.39 is 0 Å². The average Bonchev–Trinajstić information content (AvgIpc) is 2.87. The number of hydrogen-bond acceptors (Lipinski definition) is 4. The number of fused-ring (bicyclic) bond motifs is 1. The van der Waals surface area contributed by atoms with Crippen LogP contribution in [0, 0.1) is 0 Å². The number of aromatic nitrogens is 4. The van der Waals surface area contributed by atoms with Crippen LogP contribution in [0.1, 0.15) is 10.4 Å². The number of anilines is 1. The molecule has 18 heavy (non-hydrogen) atoms. The first-order valence-electron chi connectivity index (χ1n) is 5.33. The molecule has 88 valence electrons. The van der Waals surface area contributed by atoms with E-state index in [1.165, 1.54) is 6.33 Å². The maximum absolute atomic E-state index is 12.0. The normalized spacial score (nSPS) is 10.4. The highest BCUT2D eigenvalue weighted by Gasteiger charge is 2.07. The molecular weight excluding hydrogens is 230 g/mol. The minimum Gasteiger partial charge on any atom is -0.306 e. The molecule has 3 aromatic rings. The predicted molar refractivity (Wildman–Crippen MR) is 66.1 cm³/mol. The molecule has 6 nitrogen and oxygen atoms in total. The van der Waals surface area contributed by atoms with Gasteiger partial charge in [-0.25, -0.2) is 9.97 Å². The number of carbonyl (C=O) groups is 1. The van der Waals surface area contributed by atoms with Crippen molar-refractivity contribution in [3.05, 3.63) is 48.5 Å². The highest BCUT2D eigenvalue weighted by atomic mass is 16.1. The lowest BCUT2D eigenvalue weighted by Gasteiger charge is -2.03. The number of benzene rings is 1. The van der Waals surface area contributed by atoms with E-state index in [1.807, 2.05) is 6.07 Å². The summed E-state index contributed by atoms with van der Waals surface area (Å²) in [6.45, 7) is 0. The summed E-state index contributed by atoms with van der Waals surface area (Å²) in [6.07, 6.45) is 4.63. The molecule has 6 heteroatoms. The van der Waals surface area contributed by atoms with Gasteiger partial charge in [0.05, 0.1) is 11.7 Å². The maximum atomic E-state index is 12.0. The van der Waals surface area contributed by atoms with E-state index in [-0.39, 0.29) is 5.91 Å². The van der Waals surface area contributed by atoms with E-state index in [4.69, 9.17) is 0 Å². The fraction of sp³-hybridized carbons (Fsp3) is 0. The van der Waals surface area contributed by atoms with Gasteiger partial charge in [0.15, 0.2) is 0 Å². The number of H-pyrrole nitrogens is 1. The molecule has 0 unspecified atom stereocenters. The van der Waals surface area contributed by atoms with Crippen molar-refractivity contribution in [2.75, 3.05) is 5.32 Å². The molecule has 0 aliphatic heterocycles. The number of nitrogens with one attached hydrogen (secondary N) is 2. The number of carbonyl (C=O) groups excluding carboxylic acids is 1. The van der Waals surface area contributed by atoms with Crippen molar-refractivity contribution in [1.29, 1.82) is 0 Å². The summed E-state index contributed by atoms with van der Waals surface area (Å²) in [5, 5.41) is 10.3. The molecule has 0 bridgehead atoms. The van der Waals surface area contributed by atoms with E-state index in [9.17, 15) is 4.79 Å². The summed E-state index contributed by atoms with van der Waals surface area (Å²) in [5.74, 6) is 0.263. The smallest absolute Gasteiger partial charge is 0.256 e. The first-order valence-corrected chi connectivity index (χ1v) is 5.33. The molecule has 0 atom stereocenters. The van der Waals surface area contributed by atoms with Crippen LogP contribution < -0.4 is 5.32 Å². The third kappa shape index (κ3) is 1.91. The standard InChI is InChI=1S/C12H9N5O/c18-12(16-11-3-4-13-7-14-11)8-1-2-10-9(5-8)6-15-17-10/h1-7H,(H,15,17)(H,13,14,16,18). The van der Waals surface area contributed by atoms with Crippen LogP contribution in [0.5, 0.6) is 0 Å². The molecule has 2 N–H and O–H groups in total. The lowest BCUT2D eigenvalue weighted by molar-refractivity contribution is 0.102. The molecule has 0 aliphatic rings. The number of rotatable bonds is 2. The SMILES string of the molecule is O=C(Nc1ccncn1)c1ccc2[nH]ncc2c1. The Labute approximate surface area is 102 Å². The molecule has 0 aliphatic carbocycles. The first kappa shape index (κ1) is 10.4. The fourth-order valence-corrected chi connectivity index (χ4v) is 1.64. The van der Waals surface area contributed by atoms with Crippen LogP contribution in [0.15, 0.2) is 43.0 Å². The van der Waals surface area contributed by atoms with Crippen molar-refractivity contribution in [2.24, 2.45) is 0 Å². The van der Waals surface area contributed by atoms with Crippen LogP contribution in [0.3, 0.4) is 0 Å². The molecule has 2 aromatic heterocycles. The van der Waals surface area contributed by atoms with Crippen LogP contribution in [0.4, 0.5) is 5.82 Å². The monoisotopic (exact) mass is 239 g/mol. The fourth-order valence-electron chi connectivity index (χ4n) is 1.64. The van der Waals surface area contributed by atoms with Gasteiger partial charge in [-0.15, -0.1) is 0 Å². The zero-order chi connectivity index (χ0) is 12.4. The summed E-state index contributed by atoms with van der Waals surface area (Å²) in [5.41, 5.74) is 1.45. The Bertz CT molecular complexity index is 692. The maximum Gasteiger partial charge on any atom is 0.256 e. The molecule has 0 saturated carbocycles. The number of nitrogens with zero attached hydrogens (tertiary/aromatic N) is 3. The molecule has 0 radical (unpaired) electrons. The summed E-state index contributed by atoms with van der Waals surface area (Å²) in [4.78, 5) is 19.7. The molecule has 1 aromatic carbocycles. The summed E-state index contributed by atoms with van der Waals surface area (Å²) < 4.78 is 0. The molecule has 2 heterocycles. The van der Waals surface area contributed by atoms with Gasteiger partial charge in [0.25, 0.3) is 5.91 Å². The molecular formula is C12H9N5O. The molecule has 3 rings (SSSR count).